The third-order valence-corrected chi connectivity index (χ3v) is 4.56. The molecule has 0 saturated heterocycles. The number of fused-ring (bicyclic) bond motifs is 1. The maximum absolute atomic E-state index is 12.5. The van der Waals surface area contributed by atoms with Crippen LogP contribution in [0.2, 0.25) is 0 Å². The smallest absolute Gasteiger partial charge is 0.319 e. The van der Waals surface area contributed by atoms with Crippen LogP contribution in [0.4, 0.5) is 10.5 Å². The summed E-state index contributed by atoms with van der Waals surface area (Å²) in [5.41, 5.74) is 3.64. The van der Waals surface area contributed by atoms with Crippen LogP contribution in [0.15, 0.2) is 61.2 Å². The van der Waals surface area contributed by atoms with Crippen LogP contribution in [0.3, 0.4) is 0 Å². The van der Waals surface area contributed by atoms with Crippen LogP contribution in [0, 0.1) is 0 Å². The van der Waals surface area contributed by atoms with E-state index in [4.69, 9.17) is 0 Å². The van der Waals surface area contributed by atoms with Gasteiger partial charge in [-0.2, -0.15) is 5.10 Å². The molecule has 0 aliphatic heterocycles. The molecule has 132 valence electrons. The number of rotatable bonds is 4. The van der Waals surface area contributed by atoms with Crippen LogP contribution in [-0.4, -0.2) is 32.0 Å². The Balaban J connectivity index is 1.47. The van der Waals surface area contributed by atoms with Crippen LogP contribution in [0.5, 0.6) is 0 Å². The molecule has 0 bridgehead atoms. The van der Waals surface area contributed by atoms with Gasteiger partial charge in [-0.25, -0.2) is 14.5 Å². The van der Waals surface area contributed by atoms with Gasteiger partial charge >= 0.3 is 6.03 Å². The molecule has 3 N–H and O–H groups in total. The van der Waals surface area contributed by atoms with Gasteiger partial charge in [-0.3, -0.25) is 0 Å². The molecule has 7 heteroatoms. The van der Waals surface area contributed by atoms with Crippen molar-refractivity contribution in [1.82, 2.24) is 20.1 Å². The molecule has 2 atom stereocenters. The lowest BCUT2D eigenvalue weighted by Crippen LogP contribution is -2.37. The summed E-state index contributed by atoms with van der Waals surface area (Å²) in [5, 5.41) is 20.1. The number of nitrogens with one attached hydrogen (secondary N) is 2. The molecule has 2 amide bonds. The summed E-state index contributed by atoms with van der Waals surface area (Å²) in [7, 11) is 0. The van der Waals surface area contributed by atoms with Crippen molar-refractivity contribution < 1.29 is 9.90 Å². The molecule has 0 saturated carbocycles. The molecule has 1 aromatic heterocycles. The monoisotopic (exact) mass is 349 g/mol. The average Bonchev–Trinajstić information content (AvgIpc) is 3.25. The van der Waals surface area contributed by atoms with E-state index in [1.165, 1.54) is 6.33 Å². The van der Waals surface area contributed by atoms with Crippen molar-refractivity contribution in [1.29, 1.82) is 0 Å². The van der Waals surface area contributed by atoms with Gasteiger partial charge in [0.15, 0.2) is 0 Å². The summed E-state index contributed by atoms with van der Waals surface area (Å²) >= 11 is 0. The molecule has 4 rings (SSSR count). The highest BCUT2D eigenvalue weighted by Gasteiger charge is 2.31. The molecule has 1 aliphatic carbocycles. The first-order valence-electron chi connectivity index (χ1n) is 8.44. The fraction of sp³-hybridized carbons (Fsp3) is 0.211. The second-order valence-corrected chi connectivity index (χ2v) is 6.30. The Labute approximate surface area is 150 Å². The third-order valence-electron chi connectivity index (χ3n) is 4.56. The summed E-state index contributed by atoms with van der Waals surface area (Å²) in [6.45, 7) is 0.505. The van der Waals surface area contributed by atoms with Crippen molar-refractivity contribution in [2.45, 2.75) is 25.1 Å². The highest BCUT2D eigenvalue weighted by molar-refractivity contribution is 5.90. The Hall–Kier alpha value is -3.19. The van der Waals surface area contributed by atoms with E-state index >= 15 is 0 Å². The predicted octanol–water partition coefficient (Wildman–Crippen LogP) is 2.11. The van der Waals surface area contributed by atoms with E-state index in [1.54, 1.807) is 11.0 Å². The molecule has 0 unspecified atom stereocenters. The van der Waals surface area contributed by atoms with E-state index in [2.05, 4.69) is 20.7 Å². The number of aliphatic hydroxyl groups is 1. The van der Waals surface area contributed by atoms with E-state index in [0.29, 0.717) is 18.7 Å². The largest absolute Gasteiger partial charge is 0.390 e. The molecule has 3 aromatic rings. The Morgan fingerprint density at radius 3 is 2.85 bits per heavy atom. The number of urea groups is 1. The van der Waals surface area contributed by atoms with E-state index in [1.807, 2.05) is 48.5 Å². The number of carbonyl (C=O) groups is 1. The average molecular weight is 349 g/mol. The molecule has 0 spiro atoms. The summed E-state index contributed by atoms with van der Waals surface area (Å²) in [6.07, 6.45) is 3.03. The minimum atomic E-state index is -0.622. The number of aromatic nitrogens is 3. The number of anilines is 1. The number of amides is 2. The quantitative estimate of drug-likeness (QED) is 0.673. The number of hydrogen-bond donors (Lipinski definition) is 3. The van der Waals surface area contributed by atoms with Gasteiger partial charge in [0.2, 0.25) is 0 Å². The van der Waals surface area contributed by atoms with Crippen LogP contribution in [0.1, 0.15) is 22.7 Å². The van der Waals surface area contributed by atoms with Crippen LogP contribution in [0.25, 0.3) is 0 Å². The van der Waals surface area contributed by atoms with Crippen molar-refractivity contribution in [3.63, 3.8) is 0 Å². The number of aliphatic hydroxyl groups excluding tert-OH is 1. The second-order valence-electron chi connectivity index (χ2n) is 6.30. The second kappa shape index (κ2) is 6.97. The minimum absolute atomic E-state index is 0.350. The fourth-order valence-electron chi connectivity index (χ4n) is 3.32. The van der Waals surface area contributed by atoms with E-state index in [-0.39, 0.29) is 6.03 Å². The van der Waals surface area contributed by atoms with Gasteiger partial charge in [-0.05, 0) is 22.8 Å². The molecular formula is C19H19N5O2. The van der Waals surface area contributed by atoms with Crippen molar-refractivity contribution in [3.05, 3.63) is 77.9 Å². The number of benzene rings is 2. The minimum Gasteiger partial charge on any atom is -0.390 e. The van der Waals surface area contributed by atoms with Gasteiger partial charge < -0.3 is 15.7 Å². The maximum atomic E-state index is 12.5. The van der Waals surface area contributed by atoms with Crippen LogP contribution in [-0.2, 0) is 13.0 Å². The van der Waals surface area contributed by atoms with Crippen molar-refractivity contribution in [3.8, 4) is 0 Å². The molecule has 0 radical (unpaired) electrons. The number of para-hydroxylation sites is 1. The van der Waals surface area contributed by atoms with Crippen molar-refractivity contribution in [2.75, 3.05) is 5.32 Å². The Morgan fingerprint density at radius 2 is 2.00 bits per heavy atom. The number of nitrogens with zero attached hydrogens (tertiary/aromatic N) is 3. The van der Waals surface area contributed by atoms with E-state index in [0.717, 1.165) is 16.7 Å². The lowest BCUT2D eigenvalue weighted by Gasteiger charge is -2.19. The summed E-state index contributed by atoms with van der Waals surface area (Å²) in [5.74, 6) is 0. The van der Waals surface area contributed by atoms with Gasteiger partial charge in [0, 0.05) is 12.1 Å². The highest BCUT2D eigenvalue weighted by atomic mass is 16.3. The molecule has 1 heterocycles. The molecule has 7 nitrogen and oxygen atoms in total. The SMILES string of the molecule is O=C(Nc1ccccc1Cn1cncn1)N[C@H]1c2ccccc2C[C@H]1O. The van der Waals surface area contributed by atoms with E-state index in [9.17, 15) is 9.90 Å². The topological polar surface area (TPSA) is 92.1 Å². The summed E-state index contributed by atoms with van der Waals surface area (Å²) in [4.78, 5) is 16.4. The lowest BCUT2D eigenvalue weighted by atomic mass is 10.1. The summed E-state index contributed by atoms with van der Waals surface area (Å²) < 4.78 is 1.69. The molecule has 0 fully saturated rings. The first-order chi connectivity index (χ1) is 12.7. The zero-order valence-corrected chi connectivity index (χ0v) is 14.0. The molecule has 1 aliphatic rings. The summed E-state index contributed by atoms with van der Waals surface area (Å²) in [6, 6.07) is 14.5. The highest BCUT2D eigenvalue weighted by Crippen LogP contribution is 2.31. The Morgan fingerprint density at radius 1 is 1.19 bits per heavy atom. The standard InChI is InChI=1S/C19H19N5O2/c25-17-9-13-5-1-3-7-15(13)18(17)23-19(26)22-16-8-4-2-6-14(16)10-24-12-20-11-21-24/h1-8,11-12,17-18,25H,9-10H2,(H2,22,23,26)/t17-,18+/m1/s1. The molecule has 26 heavy (non-hydrogen) atoms. The molecular weight excluding hydrogens is 330 g/mol. The first-order valence-corrected chi connectivity index (χ1v) is 8.44. The van der Waals surface area contributed by atoms with Crippen molar-refractivity contribution >= 4 is 11.7 Å². The normalized spacial score (nSPS) is 18.3. The lowest BCUT2D eigenvalue weighted by molar-refractivity contribution is 0.144. The number of carbonyl (C=O) groups excluding carboxylic acids is 1. The van der Waals surface area contributed by atoms with Crippen LogP contribution < -0.4 is 10.6 Å². The third kappa shape index (κ3) is 3.29. The van der Waals surface area contributed by atoms with Gasteiger partial charge in [-0.15, -0.1) is 0 Å². The number of hydrogen-bond acceptors (Lipinski definition) is 4. The van der Waals surface area contributed by atoms with Gasteiger partial charge in [0.1, 0.15) is 12.7 Å². The maximum Gasteiger partial charge on any atom is 0.319 e. The van der Waals surface area contributed by atoms with Gasteiger partial charge in [-0.1, -0.05) is 42.5 Å². The first kappa shape index (κ1) is 16.3. The fourth-order valence-corrected chi connectivity index (χ4v) is 3.32. The Bertz CT molecular complexity index is 910. The van der Waals surface area contributed by atoms with E-state index < -0.39 is 12.1 Å². The Kier molecular flexibility index (Phi) is 4.37. The van der Waals surface area contributed by atoms with Gasteiger partial charge in [0.25, 0.3) is 0 Å². The van der Waals surface area contributed by atoms with Crippen LogP contribution >= 0.6 is 0 Å². The zero-order chi connectivity index (χ0) is 17.9. The van der Waals surface area contributed by atoms with Gasteiger partial charge in [0.05, 0.1) is 18.7 Å². The molecule has 2 aromatic carbocycles. The van der Waals surface area contributed by atoms with Crippen molar-refractivity contribution in [2.24, 2.45) is 0 Å². The zero-order valence-electron chi connectivity index (χ0n) is 14.0. The predicted molar refractivity (Wildman–Crippen MR) is 96.6 cm³/mol.